The Hall–Kier alpha value is -2.76. The van der Waals surface area contributed by atoms with Crippen LogP contribution in [0.4, 0.5) is 5.95 Å². The minimum absolute atomic E-state index is 0.397. The van der Waals surface area contributed by atoms with E-state index in [1.807, 2.05) is 24.5 Å². The van der Waals surface area contributed by atoms with E-state index in [1.165, 1.54) is 5.56 Å². The van der Waals surface area contributed by atoms with Crippen molar-refractivity contribution < 1.29 is 0 Å². The summed E-state index contributed by atoms with van der Waals surface area (Å²) in [6.07, 6.45) is 13.5. The Balaban J connectivity index is 1.53. The molecule has 3 aromatic heterocycles. The minimum Gasteiger partial charge on any atom is -0.340 e. The Morgan fingerprint density at radius 2 is 1.96 bits per heavy atom. The molecule has 1 aliphatic rings. The van der Waals surface area contributed by atoms with E-state index in [0.29, 0.717) is 5.92 Å². The summed E-state index contributed by atoms with van der Waals surface area (Å²) in [7, 11) is 0. The lowest BCUT2D eigenvalue weighted by atomic mass is 9.97. The van der Waals surface area contributed by atoms with E-state index in [1.54, 1.807) is 18.6 Å². The second kappa shape index (κ2) is 6.78. The maximum atomic E-state index is 4.64. The molecule has 1 fully saturated rings. The summed E-state index contributed by atoms with van der Waals surface area (Å²) in [5.41, 5.74) is 1.19. The van der Waals surface area contributed by atoms with Gasteiger partial charge in [-0.25, -0.2) is 15.0 Å². The number of hydrogen-bond donors (Lipinski definition) is 0. The smallest absolute Gasteiger partial charge is 0.225 e. The number of aromatic nitrogens is 5. The Labute approximate surface area is 141 Å². The highest BCUT2D eigenvalue weighted by molar-refractivity contribution is 5.30. The van der Waals surface area contributed by atoms with Crippen molar-refractivity contribution in [1.29, 1.82) is 0 Å². The lowest BCUT2D eigenvalue weighted by Crippen LogP contribution is -2.36. The third kappa shape index (κ3) is 3.13. The number of pyridine rings is 1. The fraction of sp³-hybridized carbons (Fsp3) is 0.333. The van der Waals surface area contributed by atoms with E-state index in [2.05, 4.69) is 41.7 Å². The fourth-order valence-electron chi connectivity index (χ4n) is 3.33. The molecule has 1 unspecified atom stereocenters. The van der Waals surface area contributed by atoms with E-state index in [-0.39, 0.29) is 0 Å². The Bertz CT molecular complexity index is 770. The van der Waals surface area contributed by atoms with Crippen LogP contribution in [0, 0.1) is 0 Å². The highest BCUT2D eigenvalue weighted by Gasteiger charge is 2.26. The number of imidazole rings is 1. The molecule has 0 amide bonds. The predicted octanol–water partition coefficient (Wildman–Crippen LogP) is 2.50. The van der Waals surface area contributed by atoms with Crippen molar-refractivity contribution in [3.63, 3.8) is 0 Å². The van der Waals surface area contributed by atoms with Crippen molar-refractivity contribution in [2.75, 3.05) is 18.0 Å². The number of nitrogens with zero attached hydrogens (tertiary/aromatic N) is 6. The van der Waals surface area contributed by atoms with E-state index in [9.17, 15) is 0 Å². The second-order valence-electron chi connectivity index (χ2n) is 6.11. The molecule has 0 saturated carbocycles. The highest BCUT2D eigenvalue weighted by atomic mass is 15.3. The Morgan fingerprint density at radius 1 is 1.04 bits per heavy atom. The zero-order valence-electron chi connectivity index (χ0n) is 13.5. The first kappa shape index (κ1) is 14.8. The third-order valence-corrected chi connectivity index (χ3v) is 4.44. The van der Waals surface area contributed by atoms with Gasteiger partial charge in [-0.3, -0.25) is 4.98 Å². The van der Waals surface area contributed by atoms with Crippen LogP contribution in [0.2, 0.25) is 0 Å². The quantitative estimate of drug-likeness (QED) is 0.739. The molecule has 122 valence electrons. The zero-order chi connectivity index (χ0) is 16.2. The molecule has 0 spiro atoms. The van der Waals surface area contributed by atoms with Crippen molar-refractivity contribution in [3.8, 4) is 0 Å². The molecular formula is C18H20N6. The van der Waals surface area contributed by atoms with Crippen LogP contribution in [0.1, 0.15) is 30.1 Å². The zero-order valence-corrected chi connectivity index (χ0v) is 13.5. The Morgan fingerprint density at radius 3 is 2.79 bits per heavy atom. The summed E-state index contributed by atoms with van der Waals surface area (Å²) in [6, 6.07) is 5.92. The maximum Gasteiger partial charge on any atom is 0.225 e. The van der Waals surface area contributed by atoms with Crippen LogP contribution in [0.15, 0.2) is 55.4 Å². The van der Waals surface area contributed by atoms with Gasteiger partial charge in [-0.05, 0) is 30.5 Å². The van der Waals surface area contributed by atoms with Gasteiger partial charge >= 0.3 is 0 Å². The van der Waals surface area contributed by atoms with Crippen molar-refractivity contribution in [2.24, 2.45) is 0 Å². The predicted molar refractivity (Wildman–Crippen MR) is 91.8 cm³/mol. The first-order valence-corrected chi connectivity index (χ1v) is 8.32. The van der Waals surface area contributed by atoms with Crippen LogP contribution in [0.25, 0.3) is 0 Å². The van der Waals surface area contributed by atoms with E-state index < -0.39 is 0 Å². The first-order valence-electron chi connectivity index (χ1n) is 8.32. The summed E-state index contributed by atoms with van der Waals surface area (Å²) in [5, 5.41) is 0. The molecule has 4 heterocycles. The largest absolute Gasteiger partial charge is 0.340 e. The molecule has 24 heavy (non-hydrogen) atoms. The molecule has 6 heteroatoms. The summed E-state index contributed by atoms with van der Waals surface area (Å²) in [6.45, 7) is 2.72. The van der Waals surface area contributed by atoms with Crippen LogP contribution >= 0.6 is 0 Å². The lowest BCUT2D eigenvalue weighted by Gasteiger charge is -2.32. The second-order valence-corrected chi connectivity index (χ2v) is 6.11. The monoisotopic (exact) mass is 320 g/mol. The molecule has 0 aliphatic carbocycles. The summed E-state index contributed by atoms with van der Waals surface area (Å²) in [4.78, 5) is 19.9. The number of rotatable bonds is 4. The SMILES string of the molecule is c1cnc(N2CCCC(c3nccn3Cc3cccnc3)C2)nc1. The molecule has 1 aliphatic heterocycles. The number of anilines is 1. The molecule has 0 bridgehead atoms. The number of hydrogen-bond acceptors (Lipinski definition) is 5. The molecule has 0 N–H and O–H groups in total. The summed E-state index contributed by atoms with van der Waals surface area (Å²) < 4.78 is 2.23. The molecule has 1 saturated heterocycles. The molecule has 0 radical (unpaired) electrons. The summed E-state index contributed by atoms with van der Waals surface area (Å²) >= 11 is 0. The highest BCUT2D eigenvalue weighted by Crippen LogP contribution is 2.27. The van der Waals surface area contributed by atoms with Gasteiger partial charge in [0.2, 0.25) is 5.95 Å². The van der Waals surface area contributed by atoms with Gasteiger partial charge in [-0.2, -0.15) is 0 Å². The molecule has 3 aromatic rings. The van der Waals surface area contributed by atoms with Gasteiger partial charge in [0.15, 0.2) is 0 Å². The van der Waals surface area contributed by atoms with Crippen molar-refractivity contribution >= 4 is 5.95 Å². The van der Waals surface area contributed by atoms with E-state index in [4.69, 9.17) is 0 Å². The Kier molecular flexibility index (Phi) is 4.18. The van der Waals surface area contributed by atoms with Gasteiger partial charge in [0.05, 0.1) is 6.54 Å². The molecular weight excluding hydrogens is 300 g/mol. The fourth-order valence-corrected chi connectivity index (χ4v) is 3.33. The van der Waals surface area contributed by atoms with E-state index in [0.717, 1.165) is 44.2 Å². The van der Waals surface area contributed by atoms with Crippen LogP contribution in [-0.4, -0.2) is 37.6 Å². The van der Waals surface area contributed by atoms with Gasteiger partial charge in [0.1, 0.15) is 5.82 Å². The number of piperidine rings is 1. The molecule has 4 rings (SSSR count). The lowest BCUT2D eigenvalue weighted by molar-refractivity contribution is 0.471. The van der Waals surface area contributed by atoms with Crippen LogP contribution in [0.3, 0.4) is 0 Å². The topological polar surface area (TPSA) is 59.7 Å². The normalized spacial score (nSPS) is 17.8. The van der Waals surface area contributed by atoms with Crippen molar-refractivity contribution in [2.45, 2.75) is 25.3 Å². The third-order valence-electron chi connectivity index (χ3n) is 4.44. The summed E-state index contributed by atoms with van der Waals surface area (Å²) in [5.74, 6) is 2.35. The van der Waals surface area contributed by atoms with Crippen molar-refractivity contribution in [1.82, 2.24) is 24.5 Å². The van der Waals surface area contributed by atoms with Crippen LogP contribution in [0.5, 0.6) is 0 Å². The standard InChI is InChI=1S/C18H20N6/c1-4-15(12-19-6-1)13-23-11-9-20-17(23)16-5-2-10-24(14-16)18-21-7-3-8-22-18/h1,3-4,6-9,11-12,16H,2,5,10,13-14H2. The first-order chi connectivity index (χ1) is 11.9. The molecule has 0 aromatic carbocycles. The minimum atomic E-state index is 0.397. The van der Waals surface area contributed by atoms with E-state index >= 15 is 0 Å². The van der Waals surface area contributed by atoms with Gasteiger partial charge in [-0.15, -0.1) is 0 Å². The maximum absolute atomic E-state index is 4.64. The van der Waals surface area contributed by atoms with Gasteiger partial charge in [-0.1, -0.05) is 6.07 Å². The molecule has 6 nitrogen and oxygen atoms in total. The van der Waals surface area contributed by atoms with Crippen molar-refractivity contribution in [3.05, 3.63) is 66.8 Å². The average molecular weight is 320 g/mol. The van der Waals surface area contributed by atoms with Gasteiger partial charge < -0.3 is 9.47 Å². The van der Waals surface area contributed by atoms with Crippen LogP contribution < -0.4 is 4.90 Å². The molecule has 1 atom stereocenters. The average Bonchev–Trinajstić information content (AvgIpc) is 3.12. The van der Waals surface area contributed by atoms with Gasteiger partial charge in [0.25, 0.3) is 0 Å². The van der Waals surface area contributed by atoms with Crippen LogP contribution in [-0.2, 0) is 6.54 Å². The van der Waals surface area contributed by atoms with Gasteiger partial charge in [0, 0.05) is 56.2 Å².